The van der Waals surface area contributed by atoms with E-state index in [1.165, 1.54) is 6.33 Å². The molecule has 2 aromatic rings. The van der Waals surface area contributed by atoms with Gasteiger partial charge in [-0.3, -0.25) is 9.78 Å². The Balaban J connectivity index is 1.89. The first-order chi connectivity index (χ1) is 12.4. The summed E-state index contributed by atoms with van der Waals surface area (Å²) in [6.07, 6.45) is -1.68. The number of aromatic amines is 1. The summed E-state index contributed by atoms with van der Waals surface area (Å²) in [6.45, 7) is 4.01. The van der Waals surface area contributed by atoms with E-state index < -0.39 is 28.6 Å². The van der Waals surface area contributed by atoms with Crippen molar-refractivity contribution in [1.82, 2.24) is 14.8 Å². The number of H-pyrrole nitrogens is 1. The van der Waals surface area contributed by atoms with Crippen LogP contribution in [0.4, 0.5) is 17.6 Å². The van der Waals surface area contributed by atoms with E-state index >= 15 is 0 Å². The molecule has 0 radical (unpaired) electrons. The Morgan fingerprint density at radius 3 is 2.63 bits per heavy atom. The molecule has 4 nitrogen and oxygen atoms in total. The largest absolute Gasteiger partial charge is 0.416 e. The normalized spacial score (nSPS) is 25.1. The lowest BCUT2D eigenvalue weighted by molar-refractivity contribution is -0.137. The minimum Gasteiger partial charge on any atom is -0.387 e. The molecule has 9 heteroatoms. The van der Waals surface area contributed by atoms with Crippen molar-refractivity contribution < 1.29 is 22.7 Å². The van der Waals surface area contributed by atoms with Crippen molar-refractivity contribution in [2.75, 3.05) is 0 Å². The van der Waals surface area contributed by atoms with Gasteiger partial charge in [0.2, 0.25) is 4.77 Å². The number of nitrogens with zero attached hydrogens (tertiary/aromatic N) is 2. The molecule has 2 unspecified atom stereocenters. The van der Waals surface area contributed by atoms with Crippen LogP contribution in [-0.2, 0) is 19.1 Å². The Morgan fingerprint density at radius 1 is 1.37 bits per heavy atom. The summed E-state index contributed by atoms with van der Waals surface area (Å²) in [5, 5.41) is 14.4. The summed E-state index contributed by atoms with van der Waals surface area (Å²) in [6, 6.07) is 2.55. The molecule has 0 aliphatic heterocycles. The predicted octanol–water partition coefficient (Wildman–Crippen LogP) is 4.51. The summed E-state index contributed by atoms with van der Waals surface area (Å²) < 4.78 is 54.4. The summed E-state index contributed by atoms with van der Waals surface area (Å²) in [5.41, 5.74) is -2.54. The number of benzene rings is 1. The number of hydrogen-bond acceptors (Lipinski definition) is 3. The number of hydrogen-bond donors (Lipinski definition) is 2. The monoisotopic (exact) mass is 403 g/mol. The van der Waals surface area contributed by atoms with E-state index in [-0.39, 0.29) is 24.4 Å². The Labute approximate surface area is 159 Å². The molecule has 1 heterocycles. The van der Waals surface area contributed by atoms with Crippen molar-refractivity contribution in [2.45, 2.75) is 51.4 Å². The third-order valence-corrected chi connectivity index (χ3v) is 6.16. The SMILES string of the molecule is CC1(C)CCC(Cc2ccc(C(F)(F)F)cc2F)C1(O)Cn1[nH]cnc1=S. The lowest BCUT2D eigenvalue weighted by atomic mass is 9.72. The van der Waals surface area contributed by atoms with Gasteiger partial charge in [-0.15, -0.1) is 0 Å². The molecule has 0 amide bonds. The highest BCUT2D eigenvalue weighted by molar-refractivity contribution is 7.71. The number of halogens is 4. The quantitative estimate of drug-likeness (QED) is 0.584. The summed E-state index contributed by atoms with van der Waals surface area (Å²) >= 11 is 5.13. The number of aromatic nitrogens is 3. The molecule has 1 aliphatic rings. The van der Waals surface area contributed by atoms with Gasteiger partial charge in [-0.1, -0.05) is 19.9 Å². The molecule has 0 saturated heterocycles. The van der Waals surface area contributed by atoms with E-state index in [1.807, 2.05) is 13.8 Å². The van der Waals surface area contributed by atoms with Crippen molar-refractivity contribution in [1.29, 1.82) is 0 Å². The smallest absolute Gasteiger partial charge is 0.387 e. The fraction of sp³-hybridized carbons (Fsp3) is 0.556. The third-order valence-electron chi connectivity index (χ3n) is 5.83. The van der Waals surface area contributed by atoms with Gasteiger partial charge in [0.15, 0.2) is 0 Å². The summed E-state index contributed by atoms with van der Waals surface area (Å²) in [4.78, 5) is 3.94. The van der Waals surface area contributed by atoms with E-state index in [0.29, 0.717) is 23.7 Å². The van der Waals surface area contributed by atoms with Gasteiger partial charge in [-0.05, 0) is 60.5 Å². The fourth-order valence-corrected chi connectivity index (χ4v) is 4.11. The number of aliphatic hydroxyl groups is 1. The van der Waals surface area contributed by atoms with Gasteiger partial charge in [-0.25, -0.2) is 9.37 Å². The molecule has 2 atom stereocenters. The Bertz CT molecular complexity index is 889. The molecule has 0 bridgehead atoms. The average molecular weight is 403 g/mol. The zero-order valence-electron chi connectivity index (χ0n) is 15.0. The van der Waals surface area contributed by atoms with Gasteiger partial charge in [0.1, 0.15) is 12.1 Å². The van der Waals surface area contributed by atoms with Crippen LogP contribution in [0.25, 0.3) is 0 Å². The van der Waals surface area contributed by atoms with Gasteiger partial charge in [0, 0.05) is 0 Å². The maximum atomic E-state index is 14.3. The zero-order valence-corrected chi connectivity index (χ0v) is 15.8. The molecule has 27 heavy (non-hydrogen) atoms. The third kappa shape index (κ3) is 3.67. The van der Waals surface area contributed by atoms with Crippen LogP contribution in [0.5, 0.6) is 0 Å². The minimum absolute atomic E-state index is 0.144. The average Bonchev–Trinajstić information content (AvgIpc) is 3.04. The van der Waals surface area contributed by atoms with Crippen molar-refractivity contribution in [3.63, 3.8) is 0 Å². The van der Waals surface area contributed by atoms with E-state index in [1.54, 1.807) is 4.68 Å². The molecule has 1 aliphatic carbocycles. The van der Waals surface area contributed by atoms with Crippen LogP contribution in [0.3, 0.4) is 0 Å². The van der Waals surface area contributed by atoms with Gasteiger partial charge in [0.05, 0.1) is 17.7 Å². The van der Waals surface area contributed by atoms with E-state index in [0.717, 1.165) is 12.1 Å². The van der Waals surface area contributed by atoms with Crippen LogP contribution >= 0.6 is 12.2 Å². The number of nitrogens with one attached hydrogen (secondary N) is 1. The first-order valence-electron chi connectivity index (χ1n) is 8.62. The zero-order chi connectivity index (χ0) is 20.0. The highest BCUT2D eigenvalue weighted by Crippen LogP contribution is 2.51. The van der Waals surface area contributed by atoms with Gasteiger partial charge in [-0.2, -0.15) is 13.2 Å². The summed E-state index contributed by atoms with van der Waals surface area (Å²) in [5.74, 6) is -1.24. The second-order valence-corrected chi connectivity index (χ2v) is 8.17. The molecule has 3 rings (SSSR count). The van der Waals surface area contributed by atoms with E-state index in [2.05, 4.69) is 10.1 Å². The topological polar surface area (TPSA) is 53.8 Å². The number of rotatable bonds is 4. The Kier molecular flexibility index (Phi) is 4.96. The molecule has 0 spiro atoms. The summed E-state index contributed by atoms with van der Waals surface area (Å²) in [7, 11) is 0. The maximum Gasteiger partial charge on any atom is 0.416 e. The second kappa shape index (κ2) is 6.70. The molecule has 1 saturated carbocycles. The molecule has 1 aromatic heterocycles. The molecule has 148 valence electrons. The predicted molar refractivity (Wildman–Crippen MR) is 94.0 cm³/mol. The van der Waals surface area contributed by atoms with Gasteiger partial charge in [0.25, 0.3) is 0 Å². The fourth-order valence-electron chi connectivity index (χ4n) is 3.94. The Morgan fingerprint density at radius 2 is 2.07 bits per heavy atom. The molecule has 1 fully saturated rings. The van der Waals surface area contributed by atoms with Crippen molar-refractivity contribution in [3.8, 4) is 0 Å². The highest BCUT2D eigenvalue weighted by atomic mass is 32.1. The van der Waals surface area contributed by atoms with E-state index in [9.17, 15) is 22.7 Å². The van der Waals surface area contributed by atoms with Crippen molar-refractivity contribution in [3.05, 3.63) is 46.2 Å². The van der Waals surface area contributed by atoms with Gasteiger partial charge < -0.3 is 5.11 Å². The molecule has 2 N–H and O–H groups in total. The van der Waals surface area contributed by atoms with Crippen LogP contribution in [0, 0.1) is 21.9 Å². The van der Waals surface area contributed by atoms with Crippen LogP contribution in [0.2, 0.25) is 0 Å². The molecule has 1 aromatic carbocycles. The first-order valence-corrected chi connectivity index (χ1v) is 9.03. The van der Waals surface area contributed by atoms with Crippen LogP contribution in [0.1, 0.15) is 37.8 Å². The first kappa shape index (κ1) is 20.0. The van der Waals surface area contributed by atoms with Crippen LogP contribution in [-0.4, -0.2) is 25.5 Å². The lowest BCUT2D eigenvalue weighted by Crippen LogP contribution is -2.49. The standard InChI is InChI=1S/C18H21F4N3OS/c1-16(2)6-5-12(17(16,26)9-25-15(27)23-10-24-25)7-11-3-4-13(8-14(11)19)18(20,21)22/h3-4,8,10,12,26H,5-7,9H2,1-2H3,(H,23,24,27). The lowest BCUT2D eigenvalue weighted by Gasteiger charge is -2.41. The maximum absolute atomic E-state index is 14.3. The van der Waals surface area contributed by atoms with Crippen LogP contribution in [0.15, 0.2) is 24.5 Å². The van der Waals surface area contributed by atoms with Crippen LogP contribution < -0.4 is 0 Å². The van der Waals surface area contributed by atoms with Crippen molar-refractivity contribution in [2.24, 2.45) is 11.3 Å². The minimum atomic E-state index is -4.59. The second-order valence-electron chi connectivity index (χ2n) is 7.81. The Hall–Kier alpha value is -1.74. The van der Waals surface area contributed by atoms with Gasteiger partial charge >= 0.3 is 6.18 Å². The van der Waals surface area contributed by atoms with Crippen molar-refractivity contribution >= 4 is 12.2 Å². The number of alkyl halides is 3. The van der Waals surface area contributed by atoms with E-state index in [4.69, 9.17) is 12.2 Å². The molecular formula is C18H21F4N3OS. The highest BCUT2D eigenvalue weighted by Gasteiger charge is 2.54. The molecular weight excluding hydrogens is 382 g/mol.